The minimum absolute atomic E-state index is 0.0437. The summed E-state index contributed by atoms with van der Waals surface area (Å²) in [5.74, 6) is -0.894. The fraction of sp³-hybridized carbons (Fsp3) is 0.294. The van der Waals surface area contributed by atoms with Crippen LogP contribution < -0.4 is 15.8 Å². The molecule has 0 bridgehead atoms. The van der Waals surface area contributed by atoms with Gasteiger partial charge in [0.05, 0.1) is 35.1 Å². The summed E-state index contributed by atoms with van der Waals surface area (Å²) in [6.07, 6.45) is -0.680. The Balaban J connectivity index is 1.22. The number of rotatable bonds is 8. The van der Waals surface area contributed by atoms with E-state index in [1.807, 2.05) is 24.3 Å². The number of urea groups is 1. The number of hydrogen-bond donors (Lipinski definition) is 2. The number of hydrogen-bond acceptors (Lipinski definition) is 10. The molecular weight excluding hydrogens is 665 g/mol. The number of hydrazine groups is 1. The fourth-order valence-electron chi connectivity index (χ4n) is 6.69. The van der Waals surface area contributed by atoms with E-state index in [9.17, 15) is 28.8 Å². The molecule has 7 rings (SSSR count). The number of carbonyl (C=O) groups is 4. The first-order valence-electron chi connectivity index (χ1n) is 15.8. The number of amides is 5. The maximum absolute atomic E-state index is 14.4. The number of benzene rings is 3. The highest BCUT2D eigenvalue weighted by Gasteiger charge is 2.52. The number of nitrogens with zero attached hydrogens (tertiary/aromatic N) is 7. The molecule has 0 aliphatic carbocycles. The molecule has 5 amide bonds. The van der Waals surface area contributed by atoms with Crippen LogP contribution in [0.25, 0.3) is 10.2 Å². The molecule has 3 N–H and O–H groups in total. The Bertz CT molecular complexity index is 2050. The highest BCUT2D eigenvalue weighted by molar-refractivity contribution is 7.22. The average molecular weight is 698 g/mol. The normalized spacial score (nSPS) is 18.7. The lowest BCUT2D eigenvalue weighted by atomic mass is 9.99. The molecule has 256 valence electrons. The Kier molecular flexibility index (Phi) is 8.68. The van der Waals surface area contributed by atoms with E-state index in [-0.39, 0.29) is 63.5 Å². The number of aromatic nitrogens is 1. The highest BCUT2D eigenvalue weighted by atomic mass is 32.1. The molecule has 2 saturated heterocycles. The van der Waals surface area contributed by atoms with Gasteiger partial charge in [-0.15, -0.1) is 0 Å². The van der Waals surface area contributed by atoms with Crippen molar-refractivity contribution in [2.45, 2.75) is 31.7 Å². The van der Waals surface area contributed by atoms with Gasteiger partial charge in [0.25, 0.3) is 5.91 Å². The van der Waals surface area contributed by atoms with E-state index in [0.717, 1.165) is 10.3 Å². The molecule has 4 heterocycles. The number of nitrogens with two attached hydrogens (primary N) is 1. The van der Waals surface area contributed by atoms with Crippen LogP contribution in [-0.2, 0) is 33.9 Å². The summed E-state index contributed by atoms with van der Waals surface area (Å²) >= 11 is 1.34. The van der Waals surface area contributed by atoms with Crippen molar-refractivity contribution in [1.29, 1.82) is 5.26 Å². The van der Waals surface area contributed by atoms with Crippen molar-refractivity contribution < 1.29 is 28.3 Å². The molecule has 16 heteroatoms. The van der Waals surface area contributed by atoms with E-state index in [4.69, 9.17) is 10.5 Å². The number of fused-ring (bicyclic) bond motifs is 3. The van der Waals surface area contributed by atoms with E-state index < -0.39 is 24.1 Å². The number of thiazole rings is 1. The molecule has 2 fully saturated rings. The summed E-state index contributed by atoms with van der Waals surface area (Å²) in [5.41, 5.74) is 9.28. The topological polar surface area (TPSA) is 168 Å². The van der Waals surface area contributed by atoms with Gasteiger partial charge in [-0.2, -0.15) is 10.3 Å². The second-order valence-corrected chi connectivity index (χ2v) is 13.3. The van der Waals surface area contributed by atoms with Gasteiger partial charge in [-0.3, -0.25) is 14.4 Å². The third-order valence-corrected chi connectivity index (χ3v) is 9.81. The number of halogens is 1. The molecule has 3 aliphatic heterocycles. The van der Waals surface area contributed by atoms with Crippen LogP contribution in [0.4, 0.5) is 20.0 Å². The average Bonchev–Trinajstić information content (AvgIpc) is 3.64. The van der Waals surface area contributed by atoms with Crippen molar-refractivity contribution in [3.8, 4) is 11.8 Å². The summed E-state index contributed by atoms with van der Waals surface area (Å²) in [7, 11) is 1.56. The van der Waals surface area contributed by atoms with Crippen molar-refractivity contribution >= 4 is 56.1 Å². The summed E-state index contributed by atoms with van der Waals surface area (Å²) in [6, 6.07) is 17.1. The second-order valence-electron chi connectivity index (χ2n) is 12.3. The Morgan fingerprint density at radius 1 is 1.16 bits per heavy atom. The molecule has 0 spiro atoms. The number of nitrogens with one attached hydrogen (secondary N) is 1. The van der Waals surface area contributed by atoms with Gasteiger partial charge in [-0.05, 0) is 47.0 Å². The van der Waals surface area contributed by atoms with Crippen LogP contribution in [0.3, 0.4) is 0 Å². The van der Waals surface area contributed by atoms with Crippen LogP contribution >= 0.6 is 11.3 Å². The molecule has 50 heavy (non-hydrogen) atoms. The van der Waals surface area contributed by atoms with Crippen LogP contribution in [0.2, 0.25) is 0 Å². The molecule has 4 aromatic rings. The van der Waals surface area contributed by atoms with E-state index in [1.54, 1.807) is 47.3 Å². The molecule has 1 aromatic heterocycles. The number of nitriles is 1. The van der Waals surface area contributed by atoms with Crippen molar-refractivity contribution in [1.82, 2.24) is 29.7 Å². The summed E-state index contributed by atoms with van der Waals surface area (Å²) < 4.78 is 19.9. The zero-order chi connectivity index (χ0) is 35.1. The first-order valence-corrected chi connectivity index (χ1v) is 16.6. The highest BCUT2D eigenvalue weighted by Crippen LogP contribution is 2.34. The second kappa shape index (κ2) is 13.3. The monoisotopic (exact) mass is 697 g/mol. The van der Waals surface area contributed by atoms with Gasteiger partial charge in [-0.25, -0.2) is 19.2 Å². The van der Waals surface area contributed by atoms with Gasteiger partial charge in [0.1, 0.15) is 30.3 Å². The lowest BCUT2D eigenvalue weighted by Gasteiger charge is -2.46. The maximum atomic E-state index is 14.4. The molecule has 3 aromatic carbocycles. The number of nitrogen functional groups attached to an aromatic ring is 1. The van der Waals surface area contributed by atoms with Gasteiger partial charge in [0.2, 0.25) is 11.8 Å². The third-order valence-electron chi connectivity index (χ3n) is 8.96. The molecule has 3 aliphatic rings. The fourth-order valence-corrected chi connectivity index (χ4v) is 7.47. The Hall–Kier alpha value is -5.79. The predicted octanol–water partition coefficient (Wildman–Crippen LogP) is 2.76. The van der Waals surface area contributed by atoms with Crippen molar-refractivity contribution in [2.75, 3.05) is 44.3 Å². The minimum Gasteiger partial charge on any atom is -0.482 e. The minimum atomic E-state index is -0.972. The molecule has 2 atom stereocenters. The van der Waals surface area contributed by atoms with Crippen LogP contribution in [0.1, 0.15) is 16.7 Å². The quantitative estimate of drug-likeness (QED) is 0.263. The molecular formula is C34H32FN9O5S. The number of piperazine rings is 1. The number of ether oxygens (including phenoxy) is 1. The lowest BCUT2D eigenvalue weighted by Crippen LogP contribution is -2.66. The Labute approximate surface area is 290 Å². The van der Waals surface area contributed by atoms with Gasteiger partial charge >= 0.3 is 6.03 Å². The first kappa shape index (κ1) is 32.7. The van der Waals surface area contributed by atoms with E-state index in [2.05, 4.69) is 10.3 Å². The van der Waals surface area contributed by atoms with E-state index in [1.165, 1.54) is 38.3 Å². The van der Waals surface area contributed by atoms with Gasteiger partial charge in [-0.1, -0.05) is 41.7 Å². The van der Waals surface area contributed by atoms with E-state index >= 15 is 0 Å². The smallest absolute Gasteiger partial charge is 0.335 e. The third kappa shape index (κ3) is 6.24. The lowest BCUT2D eigenvalue weighted by molar-refractivity contribution is -0.157. The van der Waals surface area contributed by atoms with Gasteiger partial charge < -0.3 is 30.5 Å². The summed E-state index contributed by atoms with van der Waals surface area (Å²) in [4.78, 5) is 63.2. The number of para-hydroxylation sites is 1. The largest absolute Gasteiger partial charge is 0.482 e. The van der Waals surface area contributed by atoms with Crippen LogP contribution in [0, 0.1) is 17.1 Å². The Morgan fingerprint density at radius 2 is 1.94 bits per heavy atom. The van der Waals surface area contributed by atoms with Crippen LogP contribution in [-0.4, -0.2) is 99.0 Å². The zero-order valence-electron chi connectivity index (χ0n) is 26.9. The molecule has 0 saturated carbocycles. The Morgan fingerprint density at radius 3 is 2.72 bits per heavy atom. The first-order chi connectivity index (χ1) is 24.1. The summed E-state index contributed by atoms with van der Waals surface area (Å²) in [6.45, 7) is -0.368. The maximum Gasteiger partial charge on any atom is 0.335 e. The van der Waals surface area contributed by atoms with E-state index in [0.29, 0.717) is 33.2 Å². The molecule has 0 radical (unpaired) electrons. The van der Waals surface area contributed by atoms with Crippen LogP contribution in [0.5, 0.6) is 5.75 Å². The van der Waals surface area contributed by atoms with Crippen molar-refractivity contribution in [3.05, 3.63) is 83.2 Å². The number of carbonyl (C=O) groups excluding carboxylic acids is 4. The number of anilines is 2. The molecule has 0 unspecified atom stereocenters. The van der Waals surface area contributed by atoms with Crippen molar-refractivity contribution in [2.24, 2.45) is 0 Å². The van der Waals surface area contributed by atoms with Crippen LogP contribution in [0.15, 0.2) is 60.7 Å². The van der Waals surface area contributed by atoms with Gasteiger partial charge in [0.15, 0.2) is 11.7 Å². The molecule has 14 nitrogen and oxygen atoms in total. The standard InChI is InChI=1S/C34H32FN9O5S/c1-40(15-20-5-8-23(35)9-6-20)34(48)42(12-11-36)43-18-30(46)44-25(14-21-7-10-26-24(13-21)38-28(45)19-49-26)32(47)41(17-29(43)44)16-22-3-2-4-27-31(22)39-33(37)50-27/h2-10,13,25,29H,12,14-19H2,1H3,(H2,37,39)(H,38,45)/t25-,29+/m0/s1. The summed E-state index contributed by atoms with van der Waals surface area (Å²) in [5, 5.41) is 15.8. The zero-order valence-corrected chi connectivity index (χ0v) is 27.7. The predicted molar refractivity (Wildman–Crippen MR) is 180 cm³/mol. The van der Waals surface area contributed by atoms with Crippen molar-refractivity contribution in [3.63, 3.8) is 0 Å². The van der Waals surface area contributed by atoms with Gasteiger partial charge in [0, 0.05) is 26.6 Å². The SMILES string of the molecule is CN(Cc1ccc(F)cc1)C(=O)N(CC#N)N1CC(=O)N2[C@@H](Cc3ccc4c(c3)NC(=O)CO4)C(=O)N(Cc3cccc4sc(N)nc34)C[C@@H]21.